The number of likely N-dealkylation sites (N-methyl/N-ethyl adjacent to an activating group) is 1. The molecule has 0 saturated carbocycles. The number of hydrogen-bond donors (Lipinski definition) is 0. The molecular weight excluding hydrogens is 188 g/mol. The Hall–Kier alpha value is -0.410. The summed E-state index contributed by atoms with van der Waals surface area (Å²) in [7, 11) is 4.16. The molecule has 0 bridgehead atoms. The smallest absolute Gasteiger partial charge is 0.126 e. The lowest BCUT2D eigenvalue weighted by Gasteiger charge is -2.29. The minimum Gasteiger partial charge on any atom is -0.308 e. The van der Waals surface area contributed by atoms with Crippen molar-refractivity contribution < 1.29 is 4.79 Å². The highest BCUT2D eigenvalue weighted by atomic mass is 16.1. The highest BCUT2D eigenvalue weighted by Gasteiger charge is 2.20. The van der Waals surface area contributed by atoms with Gasteiger partial charge in [-0.25, -0.2) is 0 Å². The normalized spacial score (nSPS) is 12.5. The van der Waals surface area contributed by atoms with Gasteiger partial charge in [0, 0.05) is 25.0 Å². The molecule has 0 aromatic carbocycles. The Balaban J connectivity index is 4.08. The second-order valence-electron chi connectivity index (χ2n) is 5.19. The SMILES string of the molecule is CCCN(CCN(C)C)CC(C)(C)C=O. The summed E-state index contributed by atoms with van der Waals surface area (Å²) < 4.78 is 0. The predicted molar refractivity (Wildman–Crippen MR) is 65.1 cm³/mol. The molecule has 0 aliphatic carbocycles. The summed E-state index contributed by atoms with van der Waals surface area (Å²) in [6.07, 6.45) is 2.20. The number of carbonyl (C=O) groups excluding carboxylic acids is 1. The molecule has 0 aliphatic heterocycles. The second-order valence-corrected chi connectivity index (χ2v) is 5.19. The van der Waals surface area contributed by atoms with E-state index in [0.717, 1.165) is 38.9 Å². The van der Waals surface area contributed by atoms with E-state index in [9.17, 15) is 4.79 Å². The molecule has 3 heteroatoms. The molecule has 0 heterocycles. The number of hydrogen-bond acceptors (Lipinski definition) is 3. The molecule has 0 unspecified atom stereocenters. The highest BCUT2D eigenvalue weighted by molar-refractivity contribution is 5.58. The van der Waals surface area contributed by atoms with Gasteiger partial charge in [0.15, 0.2) is 0 Å². The topological polar surface area (TPSA) is 23.6 Å². The molecule has 0 saturated heterocycles. The Bertz CT molecular complexity index is 178. The molecule has 0 aromatic rings. The van der Waals surface area contributed by atoms with Gasteiger partial charge in [0.2, 0.25) is 0 Å². The van der Waals surface area contributed by atoms with Gasteiger partial charge in [-0.2, -0.15) is 0 Å². The Labute approximate surface area is 94.4 Å². The molecule has 0 radical (unpaired) electrons. The summed E-state index contributed by atoms with van der Waals surface area (Å²) in [6.45, 7) is 10.2. The van der Waals surface area contributed by atoms with E-state index in [1.807, 2.05) is 13.8 Å². The average molecular weight is 214 g/mol. The fraction of sp³-hybridized carbons (Fsp3) is 0.917. The van der Waals surface area contributed by atoms with Crippen molar-refractivity contribution >= 4 is 6.29 Å². The summed E-state index contributed by atoms with van der Waals surface area (Å²) in [5.74, 6) is 0. The predicted octanol–water partition coefficient (Wildman–Crippen LogP) is 1.49. The van der Waals surface area contributed by atoms with Crippen molar-refractivity contribution in [2.24, 2.45) is 5.41 Å². The first-order valence-electron chi connectivity index (χ1n) is 5.74. The van der Waals surface area contributed by atoms with Crippen LogP contribution in [0.5, 0.6) is 0 Å². The molecule has 0 N–H and O–H groups in total. The summed E-state index contributed by atoms with van der Waals surface area (Å²) in [5, 5.41) is 0. The van der Waals surface area contributed by atoms with Gasteiger partial charge in [0.1, 0.15) is 6.29 Å². The second kappa shape index (κ2) is 6.96. The minimum atomic E-state index is -0.221. The van der Waals surface area contributed by atoms with Crippen LogP contribution < -0.4 is 0 Å². The van der Waals surface area contributed by atoms with Crippen molar-refractivity contribution in [2.75, 3.05) is 40.3 Å². The van der Waals surface area contributed by atoms with Gasteiger partial charge < -0.3 is 14.6 Å². The van der Waals surface area contributed by atoms with E-state index in [1.54, 1.807) is 0 Å². The van der Waals surface area contributed by atoms with Crippen molar-refractivity contribution in [1.29, 1.82) is 0 Å². The third-order valence-electron chi connectivity index (χ3n) is 2.35. The van der Waals surface area contributed by atoms with Crippen LogP contribution in [0.3, 0.4) is 0 Å². The summed E-state index contributed by atoms with van der Waals surface area (Å²) >= 11 is 0. The van der Waals surface area contributed by atoms with Crippen molar-refractivity contribution in [3.8, 4) is 0 Å². The van der Waals surface area contributed by atoms with Crippen LogP contribution >= 0.6 is 0 Å². The number of carbonyl (C=O) groups is 1. The Morgan fingerprint density at radius 2 is 1.73 bits per heavy atom. The van der Waals surface area contributed by atoms with Crippen LogP contribution in [-0.2, 0) is 4.79 Å². The van der Waals surface area contributed by atoms with Crippen molar-refractivity contribution in [1.82, 2.24) is 9.80 Å². The van der Waals surface area contributed by atoms with Gasteiger partial charge in [-0.1, -0.05) is 20.8 Å². The first-order valence-corrected chi connectivity index (χ1v) is 5.74. The average Bonchev–Trinajstić information content (AvgIpc) is 2.14. The summed E-state index contributed by atoms with van der Waals surface area (Å²) in [6, 6.07) is 0. The van der Waals surface area contributed by atoms with Crippen LogP contribution in [0.25, 0.3) is 0 Å². The molecule has 0 spiro atoms. The standard InChI is InChI=1S/C12H26N2O/c1-6-7-14(9-8-13(4)5)10-12(2,3)11-15/h11H,6-10H2,1-5H3. The van der Waals surface area contributed by atoms with Gasteiger partial charge in [-0.3, -0.25) is 0 Å². The highest BCUT2D eigenvalue weighted by Crippen LogP contribution is 2.13. The zero-order valence-electron chi connectivity index (χ0n) is 10.9. The molecule has 0 rings (SSSR count). The van der Waals surface area contributed by atoms with Crippen LogP contribution in [-0.4, -0.2) is 56.4 Å². The largest absolute Gasteiger partial charge is 0.308 e. The molecule has 90 valence electrons. The quantitative estimate of drug-likeness (QED) is 0.572. The van der Waals surface area contributed by atoms with Crippen LogP contribution in [0.4, 0.5) is 0 Å². The molecule has 0 atom stereocenters. The van der Waals surface area contributed by atoms with E-state index in [1.165, 1.54) is 0 Å². The van der Waals surface area contributed by atoms with Gasteiger partial charge in [-0.05, 0) is 27.1 Å². The Kier molecular flexibility index (Phi) is 6.77. The van der Waals surface area contributed by atoms with E-state index < -0.39 is 0 Å². The summed E-state index contributed by atoms with van der Waals surface area (Å²) in [4.78, 5) is 15.4. The van der Waals surface area contributed by atoms with Gasteiger partial charge in [0.05, 0.1) is 0 Å². The van der Waals surface area contributed by atoms with Crippen LogP contribution in [0, 0.1) is 5.41 Å². The lowest BCUT2D eigenvalue weighted by atomic mass is 9.95. The van der Waals surface area contributed by atoms with E-state index in [0.29, 0.717) is 0 Å². The fourth-order valence-corrected chi connectivity index (χ4v) is 1.54. The van der Waals surface area contributed by atoms with Crippen LogP contribution in [0.2, 0.25) is 0 Å². The van der Waals surface area contributed by atoms with Crippen molar-refractivity contribution in [3.05, 3.63) is 0 Å². The molecule has 15 heavy (non-hydrogen) atoms. The van der Waals surface area contributed by atoms with Gasteiger partial charge >= 0.3 is 0 Å². The van der Waals surface area contributed by atoms with Crippen molar-refractivity contribution in [3.63, 3.8) is 0 Å². The van der Waals surface area contributed by atoms with Crippen LogP contribution in [0.15, 0.2) is 0 Å². The molecule has 0 fully saturated rings. The van der Waals surface area contributed by atoms with Gasteiger partial charge in [0.25, 0.3) is 0 Å². The molecule has 3 nitrogen and oxygen atoms in total. The number of rotatable bonds is 8. The number of aldehydes is 1. The Morgan fingerprint density at radius 3 is 2.13 bits per heavy atom. The third kappa shape index (κ3) is 7.51. The first-order chi connectivity index (χ1) is 6.91. The molecule has 0 amide bonds. The monoisotopic (exact) mass is 214 g/mol. The van der Waals surface area contributed by atoms with Crippen molar-refractivity contribution in [2.45, 2.75) is 27.2 Å². The maximum absolute atomic E-state index is 10.9. The van der Waals surface area contributed by atoms with E-state index in [-0.39, 0.29) is 5.41 Å². The molecule has 0 aliphatic rings. The third-order valence-corrected chi connectivity index (χ3v) is 2.35. The van der Waals surface area contributed by atoms with Crippen LogP contribution in [0.1, 0.15) is 27.2 Å². The van der Waals surface area contributed by atoms with E-state index in [4.69, 9.17) is 0 Å². The number of nitrogens with zero attached hydrogens (tertiary/aromatic N) is 2. The zero-order valence-corrected chi connectivity index (χ0v) is 10.9. The lowest BCUT2D eigenvalue weighted by Crippen LogP contribution is -2.39. The molecule has 0 aromatic heterocycles. The first kappa shape index (κ1) is 14.6. The lowest BCUT2D eigenvalue weighted by molar-refractivity contribution is -0.115. The molecular formula is C12H26N2O. The maximum atomic E-state index is 10.9. The maximum Gasteiger partial charge on any atom is 0.126 e. The minimum absolute atomic E-state index is 0.221. The Morgan fingerprint density at radius 1 is 1.13 bits per heavy atom. The van der Waals surface area contributed by atoms with Gasteiger partial charge in [-0.15, -0.1) is 0 Å². The fourth-order valence-electron chi connectivity index (χ4n) is 1.54. The van der Waals surface area contributed by atoms with E-state index >= 15 is 0 Å². The summed E-state index contributed by atoms with van der Waals surface area (Å²) in [5.41, 5.74) is -0.221. The van der Waals surface area contributed by atoms with E-state index in [2.05, 4.69) is 30.8 Å². The zero-order chi connectivity index (χ0) is 11.9.